The molecule has 2 heterocycles. The van der Waals surface area contributed by atoms with E-state index in [4.69, 9.17) is 18.9 Å². The summed E-state index contributed by atoms with van der Waals surface area (Å²) in [6.45, 7) is 21.7. The maximum absolute atomic E-state index is 15.1. The third-order valence-corrected chi connectivity index (χ3v) is 19.1. The van der Waals surface area contributed by atoms with Gasteiger partial charge in [-0.25, -0.2) is 4.98 Å². The number of thiazole rings is 1. The average Bonchev–Trinajstić information content (AvgIpc) is 0.951. The highest BCUT2D eigenvalue weighted by Gasteiger charge is 2.41. The number of esters is 1. The molecule has 1 aromatic heterocycles. The highest BCUT2D eigenvalue weighted by atomic mass is 32.2. The Morgan fingerprint density at radius 2 is 1.57 bits per heavy atom. The molecule has 0 saturated carbocycles. The zero-order valence-electron chi connectivity index (χ0n) is 57.7. The number of aromatic nitrogens is 1. The summed E-state index contributed by atoms with van der Waals surface area (Å²) < 4.78 is 21.4. The van der Waals surface area contributed by atoms with Gasteiger partial charge in [0.25, 0.3) is 12.4 Å². The van der Waals surface area contributed by atoms with Gasteiger partial charge < -0.3 is 39.8 Å². The van der Waals surface area contributed by atoms with Crippen LogP contribution in [0.1, 0.15) is 185 Å². The Bertz CT molecular complexity index is 2820. The number of benzene rings is 1. The van der Waals surface area contributed by atoms with Crippen molar-refractivity contribution in [3.05, 3.63) is 51.5 Å². The predicted octanol–water partition coefficient (Wildman–Crippen LogP) is 6.17. The highest BCUT2D eigenvalue weighted by molar-refractivity contribution is 8.00. The molecule has 9 atom stereocenters. The molecule has 8 amide bonds. The van der Waals surface area contributed by atoms with Crippen molar-refractivity contribution >= 4 is 94.4 Å². The van der Waals surface area contributed by atoms with Crippen LogP contribution < -0.4 is 26.8 Å². The summed E-state index contributed by atoms with van der Waals surface area (Å²) in [4.78, 5) is 168. The smallest absolute Gasteiger partial charge is 0.303 e. The fourth-order valence-corrected chi connectivity index (χ4v) is 12.3. The molecular formula is C67H105N9O16S2. The second-order valence-corrected chi connectivity index (χ2v) is 27.1. The van der Waals surface area contributed by atoms with Crippen LogP contribution in [0, 0.1) is 30.6 Å². The lowest BCUT2D eigenvalue weighted by molar-refractivity contribution is -0.150. The molecule has 0 bridgehead atoms. The maximum Gasteiger partial charge on any atom is 0.303 e. The third kappa shape index (κ3) is 27.6. The Hall–Kier alpha value is -6.68. The van der Waals surface area contributed by atoms with E-state index in [1.807, 2.05) is 65.8 Å². The molecule has 1 aliphatic rings. The van der Waals surface area contributed by atoms with Crippen molar-refractivity contribution in [2.24, 2.45) is 23.7 Å². The van der Waals surface area contributed by atoms with E-state index in [0.29, 0.717) is 63.3 Å². The van der Waals surface area contributed by atoms with Gasteiger partial charge in [0, 0.05) is 121 Å². The molecule has 1 aromatic carbocycles. The number of amides is 8. The SMILES string of the molecule is CCC(C)[C@H](CC(=O)C(C)(C)N(C)CCC(=O)NC(CCCCNC(=O)CCOCCOC)C(=O)CC(C)C(=O)NNC(=O)CCCN1C(=O)CC(SC)C1=O)C(=O)N(CC)[C@H](C[C@@H](OC(C)=O)c1nc(C(=O)N[C@@H](Cc2ccc(C)cc2)CC(C)OC=O)cs1)C(C)C. The molecule has 25 nitrogen and oxygen atoms in total. The molecule has 27 heteroatoms. The Morgan fingerprint density at radius 1 is 0.872 bits per heavy atom. The van der Waals surface area contributed by atoms with E-state index >= 15 is 4.79 Å². The molecule has 0 spiro atoms. The standard InChI is InChI=1S/C67H105N9O16S2/c1-15-44(6)50(65(87)75(16-2)53(42(3)4)38-55(92-47(9)78)64-71-52(40-94-64)63(86)69-49(35-46(8)91-41-77)36-48-24-22-43(5)23-25-48)37-57(80)67(10,11)74(12)30-26-59(82)70-51(20-17-18-28-68-58(81)27-31-90-33-32-89-13)54(79)34-45(7)62(85)73-72-60(83)21-19-29-76-61(84)39-56(93-14)66(76)88/h22-25,40-42,44-46,49-51,53,55-56H,15-21,26-39H2,1-14H3,(H,68,81)(H,69,86)(H,70,82)(H,72,83)(H,73,85)/t44?,45?,46?,49-,50+,51?,53-,55-,56?/m1/s1. The number of nitrogens with zero attached hydrogens (tertiary/aromatic N) is 4. The number of aryl methyl sites for hydroxylation is 1. The number of methoxy groups -OCH3 is 1. The van der Waals surface area contributed by atoms with Crippen LogP contribution in [0.5, 0.6) is 0 Å². The van der Waals surface area contributed by atoms with E-state index in [2.05, 4.69) is 31.8 Å². The molecule has 94 heavy (non-hydrogen) atoms. The minimum Gasteiger partial charge on any atom is -0.465 e. The number of hydrazine groups is 1. The van der Waals surface area contributed by atoms with E-state index in [1.165, 1.54) is 25.6 Å². The fourth-order valence-electron chi connectivity index (χ4n) is 10.8. The third-order valence-electron chi connectivity index (χ3n) is 17.2. The highest BCUT2D eigenvalue weighted by Crippen LogP contribution is 2.34. The number of thioether (sulfide) groups is 1. The lowest BCUT2D eigenvalue weighted by Gasteiger charge is -2.40. The van der Waals surface area contributed by atoms with Crippen molar-refractivity contribution in [2.45, 2.75) is 207 Å². The van der Waals surface area contributed by atoms with Gasteiger partial charge >= 0.3 is 5.97 Å². The molecule has 0 radical (unpaired) electrons. The van der Waals surface area contributed by atoms with E-state index in [9.17, 15) is 52.7 Å². The number of carbonyl (C=O) groups excluding carboxylic acids is 12. The van der Waals surface area contributed by atoms with Gasteiger partial charge in [-0.2, -0.15) is 11.8 Å². The second-order valence-electron chi connectivity index (χ2n) is 25.2. The number of hydrogen-bond donors (Lipinski definition) is 5. The first-order valence-corrected chi connectivity index (χ1v) is 34.9. The van der Waals surface area contributed by atoms with Crippen LogP contribution in [-0.4, -0.2) is 192 Å². The van der Waals surface area contributed by atoms with Crippen molar-refractivity contribution in [3.8, 4) is 0 Å². The summed E-state index contributed by atoms with van der Waals surface area (Å²) in [7, 11) is 3.25. The van der Waals surface area contributed by atoms with Gasteiger partial charge in [0.15, 0.2) is 17.7 Å². The first-order chi connectivity index (χ1) is 44.5. The van der Waals surface area contributed by atoms with Gasteiger partial charge in [-0.15, -0.1) is 11.3 Å². The molecule has 2 aromatic rings. The Kier molecular flexibility index (Phi) is 36.4. The molecule has 1 aliphatic heterocycles. The Balaban J connectivity index is 1.73. The molecule has 5 unspecified atom stereocenters. The van der Waals surface area contributed by atoms with Crippen molar-refractivity contribution in [3.63, 3.8) is 0 Å². The number of nitrogens with one attached hydrogen (secondary N) is 5. The normalized spacial score (nSPS) is 15.8. The summed E-state index contributed by atoms with van der Waals surface area (Å²) >= 11 is 2.44. The monoisotopic (exact) mass is 1360 g/mol. The summed E-state index contributed by atoms with van der Waals surface area (Å²) in [6, 6.07) is 5.95. The molecule has 1 fully saturated rings. The van der Waals surface area contributed by atoms with Crippen molar-refractivity contribution in [1.29, 1.82) is 0 Å². The Morgan fingerprint density at radius 3 is 2.19 bits per heavy atom. The number of unbranched alkanes of at least 4 members (excludes halogenated alkanes) is 1. The average molecular weight is 1360 g/mol. The number of likely N-dealkylation sites (tertiary alicyclic amines) is 1. The molecular weight excluding hydrogens is 1250 g/mol. The topological polar surface area (TPSA) is 325 Å². The van der Waals surface area contributed by atoms with Crippen molar-refractivity contribution in [2.75, 3.05) is 66.4 Å². The number of hydrogen-bond acceptors (Lipinski definition) is 20. The van der Waals surface area contributed by atoms with Gasteiger partial charge in [0.2, 0.25) is 41.4 Å². The minimum atomic E-state index is -1.18. The lowest BCUT2D eigenvalue weighted by atomic mass is 9.81. The fraction of sp³-hybridized carbons (Fsp3) is 0.687. The van der Waals surface area contributed by atoms with Crippen molar-refractivity contribution in [1.82, 2.24) is 46.5 Å². The van der Waals surface area contributed by atoms with Crippen LogP contribution in [0.3, 0.4) is 0 Å². The van der Waals surface area contributed by atoms with Gasteiger partial charge in [0.1, 0.15) is 16.8 Å². The molecule has 1 saturated heterocycles. The van der Waals surface area contributed by atoms with E-state index < -0.39 is 88.3 Å². The van der Waals surface area contributed by atoms with E-state index in [-0.39, 0.29) is 131 Å². The van der Waals surface area contributed by atoms with Crippen LogP contribution in [-0.2, 0) is 78.1 Å². The summed E-state index contributed by atoms with van der Waals surface area (Å²) in [5.74, 6) is -6.62. The minimum absolute atomic E-state index is 0.0618. The van der Waals surface area contributed by atoms with Crippen LogP contribution in [0.25, 0.3) is 0 Å². The number of ether oxygens (including phenoxy) is 4. The number of imide groups is 1. The molecule has 526 valence electrons. The maximum atomic E-state index is 15.1. The summed E-state index contributed by atoms with van der Waals surface area (Å²) in [5, 5.41) is 10.2. The Labute approximate surface area is 563 Å². The number of ketones is 2. The number of carbonyl (C=O) groups is 12. The van der Waals surface area contributed by atoms with Gasteiger partial charge in [-0.05, 0) is 97.4 Å². The molecule has 5 N–H and O–H groups in total. The first-order valence-electron chi connectivity index (χ1n) is 32.8. The quantitative estimate of drug-likeness (QED) is 0.0163. The number of Topliss-reactive ketones (excluding diaryl/α,β-unsaturated/α-hetero) is 2. The van der Waals surface area contributed by atoms with Gasteiger partial charge in [-0.3, -0.25) is 78.2 Å². The van der Waals surface area contributed by atoms with Gasteiger partial charge in [-0.1, -0.05) is 70.9 Å². The lowest BCUT2D eigenvalue weighted by Crippen LogP contribution is -2.52. The largest absolute Gasteiger partial charge is 0.465 e. The zero-order chi connectivity index (χ0) is 70.2. The number of rotatable bonds is 46. The van der Waals surface area contributed by atoms with Crippen LogP contribution in [0.2, 0.25) is 0 Å². The first kappa shape index (κ1) is 81.6. The molecule has 0 aliphatic carbocycles. The summed E-state index contributed by atoms with van der Waals surface area (Å²) in [6.07, 6.45) is 2.68. The van der Waals surface area contributed by atoms with E-state index in [0.717, 1.165) is 27.4 Å². The molecule has 3 rings (SSSR count). The second kappa shape index (κ2) is 42.0. The van der Waals surface area contributed by atoms with Crippen LogP contribution in [0.4, 0.5) is 0 Å². The van der Waals surface area contributed by atoms with Crippen LogP contribution >= 0.6 is 23.1 Å². The van der Waals surface area contributed by atoms with E-state index in [1.54, 1.807) is 56.4 Å². The zero-order valence-corrected chi connectivity index (χ0v) is 59.4. The number of likely N-dealkylation sites (N-methyl/N-ethyl adjacent to an activating group) is 1. The predicted molar refractivity (Wildman–Crippen MR) is 358 cm³/mol. The van der Waals surface area contributed by atoms with Gasteiger partial charge in [0.05, 0.1) is 36.7 Å². The van der Waals surface area contributed by atoms with Crippen molar-refractivity contribution < 1.29 is 76.5 Å². The summed E-state index contributed by atoms with van der Waals surface area (Å²) in [5.41, 5.74) is 5.65. The van der Waals surface area contributed by atoms with Crippen LogP contribution in [0.15, 0.2) is 29.6 Å².